The zero-order valence-corrected chi connectivity index (χ0v) is 12.2. The Kier molecular flexibility index (Phi) is 3.45. The van der Waals surface area contributed by atoms with Crippen LogP contribution < -0.4 is 14.8 Å². The average Bonchev–Trinajstić information content (AvgIpc) is 3.25. The molecular formula is C15H19N3O3. The molecule has 2 aliphatic rings. The molecule has 1 aromatic rings. The fourth-order valence-electron chi connectivity index (χ4n) is 2.75. The maximum atomic E-state index is 12.1. The van der Waals surface area contributed by atoms with Crippen LogP contribution in [0.25, 0.3) is 0 Å². The highest BCUT2D eigenvalue weighted by molar-refractivity contribution is 6.06. The minimum atomic E-state index is -0.428. The summed E-state index contributed by atoms with van der Waals surface area (Å²) in [6.45, 7) is 0.680. The fraction of sp³-hybridized carbons (Fsp3) is 0.467. The van der Waals surface area contributed by atoms with Gasteiger partial charge in [0.15, 0.2) is 11.5 Å². The zero-order valence-electron chi connectivity index (χ0n) is 12.2. The van der Waals surface area contributed by atoms with E-state index in [2.05, 4.69) is 5.32 Å². The number of rotatable bonds is 5. The van der Waals surface area contributed by atoms with Crippen molar-refractivity contribution in [1.82, 2.24) is 10.2 Å². The maximum absolute atomic E-state index is 12.1. The largest absolute Gasteiger partial charge is 0.493 e. The van der Waals surface area contributed by atoms with Gasteiger partial charge in [0.1, 0.15) is 11.9 Å². The first-order valence-electron chi connectivity index (χ1n) is 7.02. The van der Waals surface area contributed by atoms with E-state index >= 15 is 0 Å². The highest BCUT2D eigenvalue weighted by Crippen LogP contribution is 2.40. The third-order valence-corrected chi connectivity index (χ3v) is 3.97. The van der Waals surface area contributed by atoms with Crippen molar-refractivity contribution in [2.75, 3.05) is 20.8 Å². The van der Waals surface area contributed by atoms with Gasteiger partial charge in [-0.2, -0.15) is 0 Å². The van der Waals surface area contributed by atoms with Crippen molar-refractivity contribution >= 4 is 11.9 Å². The topological polar surface area (TPSA) is 74.7 Å². The molecule has 1 aliphatic carbocycles. The second-order valence-corrected chi connectivity index (χ2v) is 5.42. The van der Waals surface area contributed by atoms with Crippen LogP contribution >= 0.6 is 0 Å². The normalized spacial score (nSPS) is 21.4. The van der Waals surface area contributed by atoms with E-state index in [1.54, 1.807) is 25.2 Å². The van der Waals surface area contributed by atoms with Crippen molar-refractivity contribution in [3.63, 3.8) is 0 Å². The lowest BCUT2D eigenvalue weighted by Gasteiger charge is -2.25. The second-order valence-electron chi connectivity index (χ2n) is 5.42. The predicted octanol–water partition coefficient (Wildman–Crippen LogP) is 2.16. The molecule has 0 bridgehead atoms. The number of urea groups is 1. The highest BCUT2D eigenvalue weighted by Gasteiger charge is 2.41. The van der Waals surface area contributed by atoms with E-state index in [0.717, 1.165) is 18.4 Å². The molecule has 1 atom stereocenters. The number of amides is 2. The number of amidine groups is 1. The van der Waals surface area contributed by atoms with Crippen molar-refractivity contribution in [3.05, 3.63) is 23.8 Å². The van der Waals surface area contributed by atoms with Crippen LogP contribution in [0.2, 0.25) is 0 Å². The van der Waals surface area contributed by atoms with E-state index in [1.165, 1.54) is 0 Å². The summed E-state index contributed by atoms with van der Waals surface area (Å²) in [5.41, 5.74) is 0.779. The van der Waals surface area contributed by atoms with Crippen LogP contribution in [0, 0.1) is 11.3 Å². The maximum Gasteiger partial charge on any atom is 0.323 e. The molecule has 1 aliphatic heterocycles. The predicted molar refractivity (Wildman–Crippen MR) is 78.0 cm³/mol. The molecule has 112 valence electrons. The number of ether oxygens (including phenoxy) is 2. The standard InChI is InChI=1S/C15H19N3O3/c1-20-11-5-3-4-10(13(11)21-2)12-14(16)17-15(19)18(12)8-9-6-7-9/h3-5,9,12H,6-8H2,1-2H3,(H2,16,17,19). The summed E-state index contributed by atoms with van der Waals surface area (Å²) in [5, 5.41) is 10.7. The Morgan fingerprint density at radius 3 is 2.71 bits per heavy atom. The molecule has 1 saturated carbocycles. The number of carbonyl (C=O) groups excluding carboxylic acids is 1. The summed E-state index contributed by atoms with van der Waals surface area (Å²) in [5.74, 6) is 1.92. The van der Waals surface area contributed by atoms with Crippen LogP contribution in [0.1, 0.15) is 24.4 Å². The molecule has 6 nitrogen and oxygen atoms in total. The lowest BCUT2D eigenvalue weighted by atomic mass is 10.0. The van der Waals surface area contributed by atoms with E-state index in [-0.39, 0.29) is 11.9 Å². The minimum Gasteiger partial charge on any atom is -0.493 e. The SMILES string of the molecule is COc1cccc(C2C(=N)NC(=O)N2CC2CC2)c1OC. The Morgan fingerprint density at radius 1 is 1.33 bits per heavy atom. The quantitative estimate of drug-likeness (QED) is 0.872. The van der Waals surface area contributed by atoms with Gasteiger partial charge in [0, 0.05) is 12.1 Å². The van der Waals surface area contributed by atoms with Crippen molar-refractivity contribution in [3.8, 4) is 11.5 Å². The van der Waals surface area contributed by atoms with Crippen molar-refractivity contribution < 1.29 is 14.3 Å². The monoisotopic (exact) mass is 289 g/mol. The van der Waals surface area contributed by atoms with E-state index in [1.807, 2.05) is 12.1 Å². The first kappa shape index (κ1) is 13.7. The minimum absolute atomic E-state index is 0.187. The van der Waals surface area contributed by atoms with Gasteiger partial charge >= 0.3 is 6.03 Å². The number of nitrogens with one attached hydrogen (secondary N) is 2. The molecular weight excluding hydrogens is 270 g/mol. The second kappa shape index (κ2) is 5.27. The van der Waals surface area contributed by atoms with E-state index < -0.39 is 6.04 Å². The van der Waals surface area contributed by atoms with Gasteiger partial charge in [-0.1, -0.05) is 12.1 Å². The van der Waals surface area contributed by atoms with Crippen molar-refractivity contribution in [1.29, 1.82) is 5.41 Å². The van der Waals surface area contributed by atoms with Gasteiger partial charge in [0.05, 0.1) is 14.2 Å². The summed E-state index contributed by atoms with van der Waals surface area (Å²) in [6, 6.07) is 4.90. The molecule has 0 spiro atoms. The Balaban J connectivity index is 2.00. The van der Waals surface area contributed by atoms with Gasteiger partial charge in [-0.25, -0.2) is 4.79 Å². The van der Waals surface area contributed by atoms with Crippen LogP contribution in [0.5, 0.6) is 11.5 Å². The smallest absolute Gasteiger partial charge is 0.323 e. The molecule has 3 rings (SSSR count). The first-order valence-corrected chi connectivity index (χ1v) is 7.02. The highest BCUT2D eigenvalue weighted by atomic mass is 16.5. The third kappa shape index (κ3) is 2.41. The molecule has 2 amide bonds. The van der Waals surface area contributed by atoms with Crippen molar-refractivity contribution in [2.45, 2.75) is 18.9 Å². The van der Waals surface area contributed by atoms with Crippen LogP contribution in [0.15, 0.2) is 18.2 Å². The third-order valence-electron chi connectivity index (χ3n) is 3.97. The molecule has 1 saturated heterocycles. The summed E-state index contributed by atoms with van der Waals surface area (Å²) in [7, 11) is 3.15. The van der Waals surface area contributed by atoms with Gasteiger partial charge in [-0.3, -0.25) is 10.7 Å². The van der Waals surface area contributed by atoms with Crippen molar-refractivity contribution in [2.24, 2.45) is 5.92 Å². The summed E-state index contributed by atoms with van der Waals surface area (Å²) >= 11 is 0. The van der Waals surface area contributed by atoms with E-state index in [0.29, 0.717) is 24.0 Å². The van der Waals surface area contributed by atoms with Gasteiger partial charge in [-0.15, -0.1) is 0 Å². The van der Waals surface area contributed by atoms with Gasteiger partial charge < -0.3 is 14.4 Å². The Labute approximate surface area is 123 Å². The van der Waals surface area contributed by atoms with Gasteiger partial charge in [0.25, 0.3) is 0 Å². The number of methoxy groups -OCH3 is 2. The molecule has 2 fully saturated rings. The average molecular weight is 289 g/mol. The summed E-state index contributed by atoms with van der Waals surface area (Å²) in [6.07, 6.45) is 2.30. The molecule has 0 radical (unpaired) electrons. The van der Waals surface area contributed by atoms with Gasteiger partial charge in [-0.05, 0) is 24.8 Å². The number of nitrogens with zero attached hydrogens (tertiary/aromatic N) is 1. The summed E-state index contributed by atoms with van der Waals surface area (Å²) in [4.78, 5) is 13.8. The molecule has 1 unspecified atom stereocenters. The number of benzene rings is 1. The lowest BCUT2D eigenvalue weighted by Crippen LogP contribution is -2.32. The Morgan fingerprint density at radius 2 is 2.10 bits per heavy atom. The zero-order chi connectivity index (χ0) is 15.0. The lowest BCUT2D eigenvalue weighted by molar-refractivity contribution is 0.202. The molecule has 2 N–H and O–H groups in total. The van der Waals surface area contributed by atoms with E-state index in [4.69, 9.17) is 14.9 Å². The number of hydrogen-bond acceptors (Lipinski definition) is 4. The van der Waals surface area contributed by atoms with Crippen LogP contribution in [-0.2, 0) is 0 Å². The Hall–Kier alpha value is -2.24. The first-order chi connectivity index (χ1) is 10.2. The molecule has 6 heteroatoms. The summed E-state index contributed by atoms with van der Waals surface area (Å²) < 4.78 is 10.8. The molecule has 1 aromatic carbocycles. The number of hydrogen-bond donors (Lipinski definition) is 2. The van der Waals surface area contributed by atoms with Crippen LogP contribution in [0.4, 0.5) is 4.79 Å². The van der Waals surface area contributed by atoms with Crippen LogP contribution in [0.3, 0.4) is 0 Å². The molecule has 21 heavy (non-hydrogen) atoms. The number of carbonyl (C=O) groups is 1. The molecule has 0 aromatic heterocycles. The van der Waals surface area contributed by atoms with Gasteiger partial charge in [0.2, 0.25) is 0 Å². The van der Waals surface area contributed by atoms with Crippen LogP contribution in [-0.4, -0.2) is 37.5 Å². The number of para-hydroxylation sites is 1. The molecule has 1 heterocycles. The Bertz CT molecular complexity index is 584. The fourth-order valence-corrected chi connectivity index (χ4v) is 2.75. The van der Waals surface area contributed by atoms with E-state index in [9.17, 15) is 4.79 Å².